The molecule has 188 valence electrons. The number of carbonyl (C=O) groups excluding carboxylic acids is 1. The van der Waals surface area contributed by atoms with Crippen LogP contribution in [0, 0.1) is 0 Å². The normalized spacial score (nSPS) is 20.3. The number of nitrogens with zero attached hydrogens (tertiary/aromatic N) is 4. The number of nitrogen functional groups attached to an aromatic ring is 1. The molecule has 14 nitrogen and oxygen atoms in total. The number of hydrogen-bond donors (Lipinski definition) is 2. The minimum atomic E-state index is -3.52. The number of nitrogens with two attached hydrogens (primary N) is 1. The maximum atomic E-state index is 12.8. The lowest BCUT2D eigenvalue weighted by atomic mass is 10.2. The third-order valence-corrected chi connectivity index (χ3v) is 6.73. The highest BCUT2D eigenvalue weighted by molar-refractivity contribution is 7.53. The lowest BCUT2D eigenvalue weighted by Crippen LogP contribution is -2.27. The Balaban J connectivity index is 1.60. The number of fused-ring (bicyclic) bond motifs is 1. The van der Waals surface area contributed by atoms with Gasteiger partial charge in [-0.2, -0.15) is 9.67 Å². The molecule has 0 bridgehead atoms. The number of aromatic amines is 1. The Hall–Kier alpha value is -3.16. The Morgan fingerprint density at radius 2 is 1.97 bits per heavy atom. The number of anilines is 1. The second kappa shape index (κ2) is 10.6. The van der Waals surface area contributed by atoms with E-state index in [4.69, 9.17) is 29.0 Å². The van der Waals surface area contributed by atoms with E-state index in [-0.39, 0.29) is 43.1 Å². The first kappa shape index (κ1) is 24.9. The van der Waals surface area contributed by atoms with Gasteiger partial charge in [-0.3, -0.25) is 14.3 Å². The lowest BCUT2D eigenvalue weighted by molar-refractivity contribution is -0.149. The highest BCUT2D eigenvalue weighted by Crippen LogP contribution is 2.49. The Labute approximate surface area is 199 Å². The molecule has 2 aromatic heterocycles. The second-order valence-electron chi connectivity index (χ2n) is 7.40. The van der Waals surface area contributed by atoms with Crippen LogP contribution < -0.4 is 11.3 Å². The van der Waals surface area contributed by atoms with Gasteiger partial charge in [0.15, 0.2) is 36.1 Å². The average molecular weight is 508 g/mol. The standard InChI is InChI=1S/C20H25N6O8P/c1-3-31-35(29,32-4-2)11-30-14-10-13(33-19(28)12-8-6-5-7-9-12)18(34-14)26-16-15(24-25-26)17(27)23-20(21)22-16/h5-9,13-14,18H,3-4,10-11H2,1-2H3,(H3,21,22,23,27)/t13-,14+,18-/m1/s1. The van der Waals surface area contributed by atoms with Crippen LogP contribution in [-0.4, -0.2) is 62.9 Å². The largest absolute Gasteiger partial charge is 0.454 e. The Bertz CT molecular complexity index is 1270. The van der Waals surface area contributed by atoms with Gasteiger partial charge in [0.05, 0.1) is 18.8 Å². The Morgan fingerprint density at radius 1 is 1.26 bits per heavy atom. The quantitative estimate of drug-likeness (QED) is 0.300. The van der Waals surface area contributed by atoms with Crippen LogP contribution in [0.5, 0.6) is 0 Å². The Morgan fingerprint density at radius 3 is 2.66 bits per heavy atom. The van der Waals surface area contributed by atoms with Gasteiger partial charge in [0, 0.05) is 6.42 Å². The van der Waals surface area contributed by atoms with Crippen LogP contribution in [0.25, 0.3) is 11.2 Å². The van der Waals surface area contributed by atoms with E-state index >= 15 is 0 Å². The third-order valence-electron chi connectivity index (χ3n) is 4.97. The van der Waals surface area contributed by atoms with Crippen LogP contribution in [0.4, 0.5) is 5.95 Å². The summed E-state index contributed by atoms with van der Waals surface area (Å²) in [4.78, 5) is 31.3. The summed E-state index contributed by atoms with van der Waals surface area (Å²) in [5.74, 6) is -0.752. The van der Waals surface area contributed by atoms with E-state index in [1.807, 2.05) is 0 Å². The number of benzene rings is 1. The predicted molar refractivity (Wildman–Crippen MR) is 121 cm³/mol. The zero-order valence-electron chi connectivity index (χ0n) is 19.0. The summed E-state index contributed by atoms with van der Waals surface area (Å²) < 4.78 is 41.7. The fourth-order valence-corrected chi connectivity index (χ4v) is 4.88. The van der Waals surface area contributed by atoms with Gasteiger partial charge in [-0.05, 0) is 26.0 Å². The van der Waals surface area contributed by atoms with Crippen molar-refractivity contribution in [1.29, 1.82) is 0 Å². The number of nitrogens with one attached hydrogen (secondary N) is 1. The molecule has 15 heteroatoms. The number of aromatic nitrogens is 5. The lowest BCUT2D eigenvalue weighted by Gasteiger charge is -2.20. The van der Waals surface area contributed by atoms with Crippen molar-refractivity contribution in [3.05, 3.63) is 46.2 Å². The van der Waals surface area contributed by atoms with Crippen molar-refractivity contribution in [3.8, 4) is 0 Å². The van der Waals surface area contributed by atoms with Crippen LogP contribution >= 0.6 is 7.60 Å². The van der Waals surface area contributed by atoms with E-state index in [1.165, 1.54) is 4.68 Å². The van der Waals surface area contributed by atoms with Gasteiger partial charge in [-0.1, -0.05) is 23.4 Å². The van der Waals surface area contributed by atoms with E-state index in [2.05, 4.69) is 20.3 Å². The van der Waals surface area contributed by atoms with Gasteiger partial charge in [0.2, 0.25) is 5.95 Å². The summed E-state index contributed by atoms with van der Waals surface area (Å²) in [5, 5.41) is 7.80. The van der Waals surface area contributed by atoms with E-state index in [1.54, 1.807) is 44.2 Å². The van der Waals surface area contributed by atoms with Gasteiger partial charge in [-0.15, -0.1) is 5.10 Å². The van der Waals surface area contributed by atoms with Gasteiger partial charge < -0.3 is 29.0 Å². The average Bonchev–Trinajstić information content (AvgIpc) is 3.42. The fraction of sp³-hybridized carbons (Fsp3) is 0.450. The molecule has 3 N–H and O–H groups in total. The minimum absolute atomic E-state index is 0.0342. The zero-order valence-corrected chi connectivity index (χ0v) is 19.9. The van der Waals surface area contributed by atoms with E-state index in [9.17, 15) is 14.2 Å². The number of ether oxygens (including phenoxy) is 3. The molecule has 1 aliphatic rings. The molecule has 4 rings (SSSR count). The molecular formula is C20H25N6O8P. The molecule has 0 amide bonds. The molecule has 0 spiro atoms. The molecule has 35 heavy (non-hydrogen) atoms. The topological polar surface area (TPSA) is 183 Å². The highest BCUT2D eigenvalue weighted by atomic mass is 31.2. The molecule has 0 saturated carbocycles. The summed E-state index contributed by atoms with van der Waals surface area (Å²) >= 11 is 0. The maximum absolute atomic E-state index is 12.8. The first-order chi connectivity index (χ1) is 16.8. The van der Waals surface area contributed by atoms with Crippen molar-refractivity contribution in [2.24, 2.45) is 0 Å². The maximum Gasteiger partial charge on any atom is 0.356 e. The van der Waals surface area contributed by atoms with Gasteiger partial charge in [0.25, 0.3) is 5.56 Å². The van der Waals surface area contributed by atoms with E-state index in [0.717, 1.165) is 0 Å². The number of hydrogen-bond acceptors (Lipinski definition) is 12. The van der Waals surface area contributed by atoms with Crippen LogP contribution in [-0.2, 0) is 27.8 Å². The van der Waals surface area contributed by atoms with Crippen molar-refractivity contribution < 1.29 is 32.6 Å². The van der Waals surface area contributed by atoms with Gasteiger partial charge >= 0.3 is 13.6 Å². The molecule has 3 heterocycles. The number of esters is 1. The second-order valence-corrected chi connectivity index (χ2v) is 9.40. The first-order valence-electron chi connectivity index (χ1n) is 10.9. The van der Waals surface area contributed by atoms with E-state index < -0.39 is 37.7 Å². The zero-order chi connectivity index (χ0) is 25.0. The van der Waals surface area contributed by atoms with Crippen molar-refractivity contribution >= 4 is 30.7 Å². The number of H-pyrrole nitrogens is 1. The summed E-state index contributed by atoms with van der Waals surface area (Å²) in [6.45, 7) is 3.70. The van der Waals surface area contributed by atoms with Gasteiger partial charge in [0.1, 0.15) is 0 Å². The van der Waals surface area contributed by atoms with Crippen LogP contribution in [0.15, 0.2) is 35.1 Å². The molecular weight excluding hydrogens is 483 g/mol. The first-order valence-corrected chi connectivity index (χ1v) is 12.6. The third kappa shape index (κ3) is 5.57. The fourth-order valence-electron chi connectivity index (χ4n) is 3.52. The highest BCUT2D eigenvalue weighted by Gasteiger charge is 2.43. The minimum Gasteiger partial charge on any atom is -0.454 e. The molecule has 1 aromatic carbocycles. The predicted octanol–water partition coefficient (Wildman–Crippen LogP) is 1.81. The molecule has 0 radical (unpaired) electrons. The van der Waals surface area contributed by atoms with Crippen LogP contribution in [0.3, 0.4) is 0 Å². The van der Waals surface area contributed by atoms with Crippen molar-refractivity contribution in [3.63, 3.8) is 0 Å². The van der Waals surface area contributed by atoms with Crippen molar-refractivity contribution in [2.45, 2.75) is 38.9 Å². The molecule has 1 fully saturated rings. The Kier molecular flexibility index (Phi) is 7.57. The molecule has 0 aliphatic carbocycles. The molecule has 1 saturated heterocycles. The van der Waals surface area contributed by atoms with E-state index in [0.29, 0.717) is 5.56 Å². The van der Waals surface area contributed by atoms with Crippen LogP contribution in [0.1, 0.15) is 36.9 Å². The SMILES string of the molecule is CCOP(=O)(CO[C@@H]1C[C@@H](OC(=O)c2ccccc2)[C@H](n2nnc3c(=O)[nH]c(N)nc32)O1)OCC. The number of rotatable bonds is 10. The van der Waals surface area contributed by atoms with Crippen molar-refractivity contribution in [1.82, 2.24) is 25.0 Å². The summed E-state index contributed by atoms with van der Waals surface area (Å²) in [7, 11) is -3.52. The summed E-state index contributed by atoms with van der Waals surface area (Å²) in [6.07, 6.45) is -3.28. The smallest absolute Gasteiger partial charge is 0.356 e. The molecule has 1 aliphatic heterocycles. The molecule has 3 aromatic rings. The summed E-state index contributed by atoms with van der Waals surface area (Å²) in [6, 6.07) is 8.39. The monoisotopic (exact) mass is 508 g/mol. The molecule has 0 unspecified atom stereocenters. The van der Waals surface area contributed by atoms with Crippen molar-refractivity contribution in [2.75, 3.05) is 25.3 Å². The number of carbonyl (C=O) groups is 1. The summed E-state index contributed by atoms with van der Waals surface area (Å²) in [5.41, 5.74) is 5.38. The molecule has 3 atom stereocenters. The van der Waals surface area contributed by atoms with Crippen LogP contribution in [0.2, 0.25) is 0 Å². The van der Waals surface area contributed by atoms with Gasteiger partial charge in [-0.25, -0.2) is 4.79 Å².